The van der Waals surface area contributed by atoms with E-state index < -0.39 is 22.9 Å². The van der Waals surface area contributed by atoms with E-state index in [0.717, 1.165) is 25.7 Å². The molecule has 5 N–H and O–H groups in total. The second-order valence-electron chi connectivity index (χ2n) is 6.51. The molecule has 2 saturated carbocycles. The number of alkyl carbamates (subject to hydrolysis) is 1. The third kappa shape index (κ3) is 7.34. The molecule has 0 bridgehead atoms. The summed E-state index contributed by atoms with van der Waals surface area (Å²) in [5.74, 6) is 0. The summed E-state index contributed by atoms with van der Waals surface area (Å²) in [6.07, 6.45) is 2.88. The first-order chi connectivity index (χ1) is 8.58. The summed E-state index contributed by atoms with van der Waals surface area (Å²) in [6.45, 7) is 6.14. The molecule has 0 aromatic heterocycles. The Hall–Kier alpha value is -0.850. The number of ether oxygens (including phenoxy) is 1. The lowest BCUT2D eigenvalue weighted by Gasteiger charge is -2.20. The SMILES string of the molecule is CC(C)(C)OC(=O)NCC1(O)CC1.NCC1(O)CC1. The fourth-order valence-electron chi connectivity index (χ4n) is 1.22. The summed E-state index contributed by atoms with van der Waals surface area (Å²) in [7, 11) is 0. The Bertz CT molecular complexity index is 317. The first-order valence-corrected chi connectivity index (χ1v) is 6.69. The van der Waals surface area contributed by atoms with E-state index in [-0.39, 0.29) is 0 Å². The number of nitrogens with two attached hydrogens (primary N) is 1. The molecule has 0 saturated heterocycles. The number of carbonyl (C=O) groups excluding carboxylic acids is 1. The predicted molar refractivity (Wildman–Crippen MR) is 71.7 cm³/mol. The number of hydrogen-bond acceptors (Lipinski definition) is 5. The zero-order valence-corrected chi connectivity index (χ0v) is 12.0. The lowest BCUT2D eigenvalue weighted by molar-refractivity contribution is 0.0478. The van der Waals surface area contributed by atoms with Gasteiger partial charge in [-0.05, 0) is 46.5 Å². The summed E-state index contributed by atoms with van der Waals surface area (Å²) in [5, 5.41) is 20.7. The number of carbonyl (C=O) groups is 1. The zero-order chi connectivity index (χ0) is 14.7. The molecule has 19 heavy (non-hydrogen) atoms. The van der Waals surface area contributed by atoms with Crippen molar-refractivity contribution in [2.24, 2.45) is 5.73 Å². The minimum absolute atomic E-state index is 0.294. The Kier molecular flexibility index (Phi) is 4.81. The summed E-state index contributed by atoms with van der Waals surface area (Å²) < 4.78 is 5.00. The molecule has 1 amide bonds. The van der Waals surface area contributed by atoms with Crippen LogP contribution >= 0.6 is 0 Å². The van der Waals surface area contributed by atoms with Gasteiger partial charge in [0.25, 0.3) is 0 Å². The number of rotatable bonds is 3. The van der Waals surface area contributed by atoms with E-state index in [1.807, 2.05) is 0 Å². The van der Waals surface area contributed by atoms with Gasteiger partial charge in [-0.2, -0.15) is 0 Å². The van der Waals surface area contributed by atoms with Crippen molar-refractivity contribution >= 4 is 6.09 Å². The van der Waals surface area contributed by atoms with E-state index in [1.54, 1.807) is 20.8 Å². The molecule has 0 aromatic rings. The molecule has 6 nitrogen and oxygen atoms in total. The van der Waals surface area contributed by atoms with E-state index in [4.69, 9.17) is 15.6 Å². The average Bonchev–Trinajstić information content (AvgIpc) is 3.17. The van der Waals surface area contributed by atoms with Crippen molar-refractivity contribution in [2.75, 3.05) is 13.1 Å². The minimum atomic E-state index is -0.656. The topological polar surface area (TPSA) is 105 Å². The van der Waals surface area contributed by atoms with Crippen LogP contribution in [0.25, 0.3) is 0 Å². The average molecular weight is 274 g/mol. The number of hydrogen-bond donors (Lipinski definition) is 4. The van der Waals surface area contributed by atoms with Gasteiger partial charge in [0.2, 0.25) is 0 Å². The molecule has 0 atom stereocenters. The molecular weight excluding hydrogens is 248 g/mol. The van der Waals surface area contributed by atoms with Crippen LogP contribution in [0.1, 0.15) is 46.5 Å². The van der Waals surface area contributed by atoms with Gasteiger partial charge < -0.3 is 26.0 Å². The fraction of sp³-hybridized carbons (Fsp3) is 0.923. The van der Waals surface area contributed by atoms with Crippen LogP contribution < -0.4 is 11.1 Å². The van der Waals surface area contributed by atoms with Crippen LogP contribution in [0.15, 0.2) is 0 Å². The molecule has 6 heteroatoms. The lowest BCUT2D eigenvalue weighted by atomic mass is 10.2. The summed E-state index contributed by atoms with van der Waals surface area (Å²) in [4.78, 5) is 11.1. The Morgan fingerprint density at radius 3 is 1.95 bits per heavy atom. The predicted octanol–water partition coefficient (Wildman–Crippen LogP) is 0.506. The minimum Gasteiger partial charge on any atom is -0.444 e. The van der Waals surface area contributed by atoms with E-state index in [2.05, 4.69) is 5.32 Å². The van der Waals surface area contributed by atoms with Crippen molar-refractivity contribution in [1.29, 1.82) is 0 Å². The molecule has 0 unspecified atom stereocenters. The van der Waals surface area contributed by atoms with Gasteiger partial charge in [-0.3, -0.25) is 0 Å². The van der Waals surface area contributed by atoms with Crippen LogP contribution in [0.2, 0.25) is 0 Å². The van der Waals surface area contributed by atoms with Crippen LogP contribution in [0, 0.1) is 0 Å². The van der Waals surface area contributed by atoms with E-state index >= 15 is 0 Å². The quantitative estimate of drug-likeness (QED) is 0.600. The number of aliphatic hydroxyl groups is 2. The summed E-state index contributed by atoms with van der Waals surface area (Å²) >= 11 is 0. The third-order valence-electron chi connectivity index (χ3n) is 2.99. The first kappa shape index (κ1) is 16.2. The highest BCUT2D eigenvalue weighted by Crippen LogP contribution is 2.34. The van der Waals surface area contributed by atoms with Crippen molar-refractivity contribution in [3.8, 4) is 0 Å². The maximum absolute atomic E-state index is 11.1. The van der Waals surface area contributed by atoms with Crippen molar-refractivity contribution in [3.05, 3.63) is 0 Å². The molecule has 2 rings (SSSR count). The lowest BCUT2D eigenvalue weighted by Crippen LogP contribution is -2.37. The second-order valence-corrected chi connectivity index (χ2v) is 6.51. The molecule has 0 heterocycles. The monoisotopic (exact) mass is 274 g/mol. The van der Waals surface area contributed by atoms with Crippen LogP contribution in [-0.4, -0.2) is 46.2 Å². The molecule has 2 aliphatic rings. The van der Waals surface area contributed by atoms with Crippen LogP contribution in [0.4, 0.5) is 4.79 Å². The maximum Gasteiger partial charge on any atom is 0.407 e. The standard InChI is InChI=1S/C9H17NO3.C4H9NO/c1-8(2,3)13-7(11)10-6-9(12)4-5-9;5-3-4(6)1-2-4/h12H,4-6H2,1-3H3,(H,10,11);6H,1-3,5H2. The van der Waals surface area contributed by atoms with E-state index in [9.17, 15) is 9.90 Å². The Labute approximate surface area is 114 Å². The van der Waals surface area contributed by atoms with E-state index in [1.165, 1.54) is 0 Å². The molecule has 0 spiro atoms. The third-order valence-corrected chi connectivity index (χ3v) is 2.99. The van der Waals surface area contributed by atoms with Gasteiger partial charge >= 0.3 is 6.09 Å². The number of nitrogens with one attached hydrogen (secondary N) is 1. The van der Waals surface area contributed by atoms with Gasteiger partial charge in [-0.15, -0.1) is 0 Å². The molecule has 0 aromatic carbocycles. The van der Waals surface area contributed by atoms with Gasteiger partial charge in [0, 0.05) is 13.1 Å². The van der Waals surface area contributed by atoms with Gasteiger partial charge in [-0.25, -0.2) is 4.79 Å². The first-order valence-electron chi connectivity index (χ1n) is 6.69. The normalized spacial score (nSPS) is 21.8. The van der Waals surface area contributed by atoms with Crippen molar-refractivity contribution in [1.82, 2.24) is 5.32 Å². The highest BCUT2D eigenvalue weighted by molar-refractivity contribution is 5.67. The Morgan fingerprint density at radius 1 is 1.21 bits per heavy atom. The smallest absolute Gasteiger partial charge is 0.407 e. The Morgan fingerprint density at radius 2 is 1.68 bits per heavy atom. The highest BCUT2D eigenvalue weighted by atomic mass is 16.6. The molecule has 112 valence electrons. The van der Waals surface area contributed by atoms with E-state index in [0.29, 0.717) is 13.1 Å². The summed E-state index contributed by atoms with van der Waals surface area (Å²) in [5.41, 5.74) is 3.56. The highest BCUT2D eigenvalue weighted by Gasteiger charge is 2.40. The largest absolute Gasteiger partial charge is 0.444 e. The van der Waals surface area contributed by atoms with Gasteiger partial charge in [0.05, 0.1) is 11.2 Å². The van der Waals surface area contributed by atoms with Gasteiger partial charge in [-0.1, -0.05) is 0 Å². The Balaban J connectivity index is 0.000000250. The zero-order valence-electron chi connectivity index (χ0n) is 12.0. The van der Waals surface area contributed by atoms with Crippen molar-refractivity contribution in [2.45, 2.75) is 63.3 Å². The maximum atomic E-state index is 11.1. The van der Waals surface area contributed by atoms with Crippen LogP contribution in [0.3, 0.4) is 0 Å². The molecule has 2 aliphatic carbocycles. The summed E-state index contributed by atoms with van der Waals surface area (Å²) in [6, 6.07) is 0. The molecule has 2 fully saturated rings. The number of amides is 1. The van der Waals surface area contributed by atoms with Crippen molar-refractivity contribution < 1.29 is 19.7 Å². The van der Waals surface area contributed by atoms with Crippen LogP contribution in [-0.2, 0) is 4.74 Å². The molecule has 0 aliphatic heterocycles. The van der Waals surface area contributed by atoms with Gasteiger partial charge in [0.1, 0.15) is 5.60 Å². The second kappa shape index (κ2) is 5.64. The fourth-order valence-corrected chi connectivity index (χ4v) is 1.22. The van der Waals surface area contributed by atoms with Gasteiger partial charge in [0.15, 0.2) is 0 Å². The van der Waals surface area contributed by atoms with Crippen LogP contribution in [0.5, 0.6) is 0 Å². The van der Waals surface area contributed by atoms with Crippen molar-refractivity contribution in [3.63, 3.8) is 0 Å². The molecule has 0 radical (unpaired) electrons. The molecular formula is C13H26N2O4.